The highest BCUT2D eigenvalue weighted by molar-refractivity contribution is 5.91. The highest BCUT2D eigenvalue weighted by Crippen LogP contribution is 2.28. The largest absolute Gasteiger partial charge is 0.478 e. The van der Waals surface area contributed by atoms with Crippen molar-refractivity contribution >= 4 is 17.8 Å². The van der Waals surface area contributed by atoms with E-state index in [9.17, 15) is 14.4 Å². The summed E-state index contributed by atoms with van der Waals surface area (Å²) in [6, 6.07) is 6.52. The van der Waals surface area contributed by atoms with Gasteiger partial charge in [0.1, 0.15) is 5.54 Å². The summed E-state index contributed by atoms with van der Waals surface area (Å²) in [6.45, 7) is 2.62. The zero-order valence-corrected chi connectivity index (χ0v) is 15.3. The summed E-state index contributed by atoms with van der Waals surface area (Å²) in [7, 11) is 0. The van der Waals surface area contributed by atoms with Crippen molar-refractivity contribution in [2.75, 3.05) is 6.54 Å². The van der Waals surface area contributed by atoms with Crippen LogP contribution >= 0.6 is 0 Å². The molecule has 1 aliphatic carbocycles. The van der Waals surface area contributed by atoms with Crippen molar-refractivity contribution in [3.05, 3.63) is 35.4 Å². The van der Waals surface area contributed by atoms with Crippen molar-refractivity contribution in [1.82, 2.24) is 10.6 Å². The number of rotatable bonds is 8. The monoisotopic (exact) mass is 360 g/mol. The molecule has 2 rings (SSSR count). The number of aromatic carboxylic acids is 1. The second-order valence-electron chi connectivity index (χ2n) is 6.95. The Labute approximate surface area is 154 Å². The number of hydrogen-bond acceptors (Lipinski definition) is 3. The molecule has 1 aliphatic rings. The van der Waals surface area contributed by atoms with E-state index in [1.807, 2.05) is 6.92 Å². The maximum Gasteiger partial charge on any atom is 0.335 e. The lowest BCUT2D eigenvalue weighted by Crippen LogP contribution is -2.59. The van der Waals surface area contributed by atoms with Gasteiger partial charge in [-0.3, -0.25) is 9.59 Å². The van der Waals surface area contributed by atoms with Crippen LogP contribution in [-0.4, -0.2) is 35.0 Å². The Morgan fingerprint density at radius 2 is 1.73 bits per heavy atom. The van der Waals surface area contributed by atoms with Crippen LogP contribution in [0, 0.1) is 0 Å². The number of carboxylic acids is 1. The SMILES string of the molecule is CCCNC(=O)C1(NC(=O)CCc2ccc(C(=O)O)cc2)CCCCC1. The molecule has 142 valence electrons. The van der Waals surface area contributed by atoms with Gasteiger partial charge >= 0.3 is 5.97 Å². The predicted octanol–water partition coefficient (Wildman–Crippen LogP) is 2.66. The van der Waals surface area contributed by atoms with Crippen molar-refractivity contribution in [3.63, 3.8) is 0 Å². The third-order valence-corrected chi connectivity index (χ3v) is 4.90. The zero-order chi connectivity index (χ0) is 19.0. The van der Waals surface area contributed by atoms with E-state index >= 15 is 0 Å². The zero-order valence-electron chi connectivity index (χ0n) is 15.3. The van der Waals surface area contributed by atoms with Crippen LogP contribution in [0.5, 0.6) is 0 Å². The molecule has 0 spiro atoms. The van der Waals surface area contributed by atoms with E-state index < -0.39 is 11.5 Å². The van der Waals surface area contributed by atoms with E-state index in [0.29, 0.717) is 25.8 Å². The molecule has 0 heterocycles. The maximum atomic E-state index is 12.6. The van der Waals surface area contributed by atoms with E-state index in [2.05, 4.69) is 10.6 Å². The molecule has 1 aromatic rings. The fraction of sp³-hybridized carbons (Fsp3) is 0.550. The number of amides is 2. The van der Waals surface area contributed by atoms with Crippen LogP contribution in [0.15, 0.2) is 24.3 Å². The molecule has 0 atom stereocenters. The van der Waals surface area contributed by atoms with Gasteiger partial charge in [0, 0.05) is 13.0 Å². The molecule has 6 heteroatoms. The molecule has 0 unspecified atom stereocenters. The molecule has 2 amide bonds. The van der Waals surface area contributed by atoms with Crippen LogP contribution < -0.4 is 10.6 Å². The smallest absolute Gasteiger partial charge is 0.335 e. The summed E-state index contributed by atoms with van der Waals surface area (Å²) in [5, 5.41) is 14.8. The van der Waals surface area contributed by atoms with Gasteiger partial charge in [0.25, 0.3) is 0 Å². The van der Waals surface area contributed by atoms with Gasteiger partial charge in [-0.1, -0.05) is 38.3 Å². The molecular formula is C20H28N2O4. The number of carboxylic acid groups (broad SMARTS) is 1. The topological polar surface area (TPSA) is 95.5 Å². The second-order valence-corrected chi connectivity index (χ2v) is 6.95. The average Bonchev–Trinajstić information content (AvgIpc) is 2.65. The minimum absolute atomic E-state index is 0.0711. The summed E-state index contributed by atoms with van der Waals surface area (Å²) < 4.78 is 0. The number of aryl methyl sites for hydroxylation is 1. The van der Waals surface area contributed by atoms with Gasteiger partial charge in [-0.2, -0.15) is 0 Å². The summed E-state index contributed by atoms with van der Waals surface area (Å²) >= 11 is 0. The summed E-state index contributed by atoms with van der Waals surface area (Å²) in [6.07, 6.45) is 5.99. The van der Waals surface area contributed by atoms with Gasteiger partial charge in [0.2, 0.25) is 11.8 Å². The lowest BCUT2D eigenvalue weighted by Gasteiger charge is -2.36. The van der Waals surface area contributed by atoms with Crippen LogP contribution in [0.3, 0.4) is 0 Å². The first kappa shape index (κ1) is 19.9. The number of carbonyl (C=O) groups excluding carboxylic acids is 2. The van der Waals surface area contributed by atoms with E-state index in [0.717, 1.165) is 31.2 Å². The van der Waals surface area contributed by atoms with Crippen molar-refractivity contribution < 1.29 is 19.5 Å². The summed E-state index contributed by atoms with van der Waals surface area (Å²) in [4.78, 5) is 35.9. The van der Waals surface area contributed by atoms with Gasteiger partial charge in [0.05, 0.1) is 5.56 Å². The normalized spacial score (nSPS) is 15.9. The number of hydrogen-bond donors (Lipinski definition) is 3. The predicted molar refractivity (Wildman–Crippen MR) is 99.0 cm³/mol. The fourth-order valence-electron chi connectivity index (χ4n) is 3.37. The standard InChI is InChI=1S/C20H28N2O4/c1-2-14-21-19(26)20(12-4-3-5-13-20)22-17(23)11-8-15-6-9-16(10-7-15)18(24)25/h6-7,9-10H,2-5,8,11-14H2,1H3,(H,21,26)(H,22,23)(H,24,25). The Hall–Kier alpha value is -2.37. The minimum atomic E-state index is -0.966. The van der Waals surface area contributed by atoms with Crippen molar-refractivity contribution in [2.24, 2.45) is 0 Å². The van der Waals surface area contributed by atoms with Crippen LogP contribution in [-0.2, 0) is 16.0 Å². The van der Waals surface area contributed by atoms with E-state index in [-0.39, 0.29) is 23.8 Å². The molecule has 6 nitrogen and oxygen atoms in total. The van der Waals surface area contributed by atoms with E-state index in [1.165, 1.54) is 12.1 Å². The van der Waals surface area contributed by atoms with Crippen LogP contribution in [0.2, 0.25) is 0 Å². The van der Waals surface area contributed by atoms with Gasteiger partial charge in [-0.05, 0) is 43.4 Å². The molecule has 1 aromatic carbocycles. The third kappa shape index (κ3) is 5.31. The second kappa shape index (κ2) is 9.36. The van der Waals surface area contributed by atoms with Gasteiger partial charge in [0.15, 0.2) is 0 Å². The Kier molecular flexibility index (Phi) is 7.18. The number of nitrogens with one attached hydrogen (secondary N) is 2. The molecule has 1 saturated carbocycles. The van der Waals surface area contributed by atoms with Crippen LogP contribution in [0.25, 0.3) is 0 Å². The molecule has 0 bridgehead atoms. The molecular weight excluding hydrogens is 332 g/mol. The summed E-state index contributed by atoms with van der Waals surface area (Å²) in [5.74, 6) is -1.18. The maximum absolute atomic E-state index is 12.6. The van der Waals surface area contributed by atoms with Crippen molar-refractivity contribution in [3.8, 4) is 0 Å². The molecule has 3 N–H and O–H groups in total. The van der Waals surface area contributed by atoms with Crippen molar-refractivity contribution in [1.29, 1.82) is 0 Å². The third-order valence-electron chi connectivity index (χ3n) is 4.90. The summed E-state index contributed by atoms with van der Waals surface area (Å²) in [5.41, 5.74) is 0.350. The van der Waals surface area contributed by atoms with E-state index in [1.54, 1.807) is 12.1 Å². The van der Waals surface area contributed by atoms with Gasteiger partial charge < -0.3 is 15.7 Å². The lowest BCUT2D eigenvalue weighted by atomic mass is 9.80. The molecule has 0 aliphatic heterocycles. The highest BCUT2D eigenvalue weighted by atomic mass is 16.4. The van der Waals surface area contributed by atoms with Crippen molar-refractivity contribution in [2.45, 2.75) is 63.8 Å². The van der Waals surface area contributed by atoms with Crippen LogP contribution in [0.1, 0.15) is 67.8 Å². The molecule has 0 saturated heterocycles. The Morgan fingerprint density at radius 3 is 2.31 bits per heavy atom. The van der Waals surface area contributed by atoms with E-state index in [4.69, 9.17) is 5.11 Å². The highest BCUT2D eigenvalue weighted by Gasteiger charge is 2.40. The Bertz CT molecular complexity index is 634. The Balaban J connectivity index is 1.94. The molecule has 1 fully saturated rings. The molecule has 26 heavy (non-hydrogen) atoms. The minimum Gasteiger partial charge on any atom is -0.478 e. The fourth-order valence-corrected chi connectivity index (χ4v) is 3.37. The average molecular weight is 360 g/mol. The quantitative estimate of drug-likeness (QED) is 0.664. The first-order valence-corrected chi connectivity index (χ1v) is 9.38. The first-order chi connectivity index (χ1) is 12.5. The molecule has 0 aromatic heterocycles. The van der Waals surface area contributed by atoms with Crippen LogP contribution in [0.4, 0.5) is 0 Å². The van der Waals surface area contributed by atoms with Gasteiger partial charge in [-0.25, -0.2) is 4.79 Å². The lowest BCUT2D eigenvalue weighted by molar-refractivity contribution is -0.135. The number of benzene rings is 1. The van der Waals surface area contributed by atoms with Gasteiger partial charge in [-0.15, -0.1) is 0 Å². The number of carbonyl (C=O) groups is 3. The molecule has 0 radical (unpaired) electrons. The Morgan fingerprint density at radius 1 is 1.08 bits per heavy atom. The first-order valence-electron chi connectivity index (χ1n) is 9.38.